The maximum Gasteiger partial charge on any atom is 0.167 e. The molecule has 4 bridgehead atoms. The summed E-state index contributed by atoms with van der Waals surface area (Å²) in [6.07, 6.45) is 10.3. The van der Waals surface area contributed by atoms with Crippen LogP contribution in [0, 0.1) is 53.3 Å². The highest BCUT2D eigenvalue weighted by Crippen LogP contribution is 2.59. The minimum Gasteiger partial charge on any atom is -0.512 e. The Morgan fingerprint density at radius 1 is 0.731 bits per heavy atom. The minimum atomic E-state index is -0.523. The third-order valence-corrected chi connectivity index (χ3v) is 8.10. The van der Waals surface area contributed by atoms with Gasteiger partial charge >= 0.3 is 0 Å². The van der Waals surface area contributed by atoms with Crippen LogP contribution in [0.25, 0.3) is 0 Å². The molecule has 2 saturated carbocycles. The highest BCUT2D eigenvalue weighted by molar-refractivity contribution is 6.07. The van der Waals surface area contributed by atoms with Crippen molar-refractivity contribution in [1.82, 2.24) is 0 Å². The summed E-state index contributed by atoms with van der Waals surface area (Å²) in [5, 5.41) is 21.7. The Balaban J connectivity index is 1.40. The van der Waals surface area contributed by atoms with E-state index in [1.54, 1.807) is 6.92 Å². The molecule has 4 heteroatoms. The summed E-state index contributed by atoms with van der Waals surface area (Å²) >= 11 is 0. The molecule has 6 rings (SSSR count). The number of carbonyl (C=O) groups excluding carboxylic acids is 2. The Labute approximate surface area is 152 Å². The fourth-order valence-electron chi connectivity index (χ4n) is 7.09. The van der Waals surface area contributed by atoms with Gasteiger partial charge in [0.05, 0.1) is 0 Å². The van der Waals surface area contributed by atoms with E-state index in [1.165, 1.54) is 0 Å². The number of hydrogen-bond donors (Lipinski definition) is 2. The topological polar surface area (TPSA) is 74.6 Å². The lowest BCUT2D eigenvalue weighted by Gasteiger charge is -2.19. The van der Waals surface area contributed by atoms with Gasteiger partial charge in [0.25, 0.3) is 0 Å². The number of ketones is 2. The van der Waals surface area contributed by atoms with Crippen LogP contribution in [-0.4, -0.2) is 21.8 Å². The summed E-state index contributed by atoms with van der Waals surface area (Å²) in [5.74, 6) is 0.134. The van der Waals surface area contributed by atoms with E-state index in [0.717, 1.165) is 12.8 Å². The predicted octanol–water partition coefficient (Wildman–Crippen LogP) is 3.29. The molecule has 6 aliphatic rings. The summed E-state index contributed by atoms with van der Waals surface area (Å²) in [6, 6.07) is 0. The van der Waals surface area contributed by atoms with E-state index in [9.17, 15) is 19.8 Å². The molecule has 2 N–H and O–H groups in total. The van der Waals surface area contributed by atoms with E-state index in [1.807, 2.05) is 0 Å². The predicted molar refractivity (Wildman–Crippen MR) is 93.9 cm³/mol. The normalized spacial score (nSPS) is 48.3. The van der Waals surface area contributed by atoms with E-state index >= 15 is 0 Å². The average Bonchev–Trinajstić information content (AvgIpc) is 3.41. The van der Waals surface area contributed by atoms with Gasteiger partial charge in [-0.2, -0.15) is 0 Å². The number of carbonyl (C=O) groups is 2. The number of Topliss-reactive ketones (excluding diaryl/α,β-unsaturated/α-hetero) is 2. The SMILES string of the molecule is CC(C1=C(O)[C@@H]2[C@H](C1=O)[C@@H]1C=C[C@H]2C1)C1=C(O)[C@H]2[C@@H](C1=O)[C@H]1C=C[C@@H]2C1. The lowest BCUT2D eigenvalue weighted by atomic mass is 9.82. The van der Waals surface area contributed by atoms with E-state index < -0.39 is 5.92 Å². The fourth-order valence-corrected chi connectivity index (χ4v) is 7.09. The summed E-state index contributed by atoms with van der Waals surface area (Å²) in [4.78, 5) is 26.2. The van der Waals surface area contributed by atoms with E-state index in [4.69, 9.17) is 0 Å². The number of aliphatic hydroxyl groups is 2. The summed E-state index contributed by atoms with van der Waals surface area (Å²) in [7, 11) is 0. The second kappa shape index (κ2) is 4.59. The molecule has 26 heavy (non-hydrogen) atoms. The first-order valence-electron chi connectivity index (χ1n) is 9.80. The van der Waals surface area contributed by atoms with Gasteiger partial charge in [-0.25, -0.2) is 0 Å². The first kappa shape index (κ1) is 15.0. The van der Waals surface area contributed by atoms with Crippen LogP contribution in [0.3, 0.4) is 0 Å². The van der Waals surface area contributed by atoms with Gasteiger partial charge in [-0.15, -0.1) is 0 Å². The molecule has 0 radical (unpaired) electrons. The molecule has 0 saturated heterocycles. The number of allylic oxidation sites excluding steroid dienone is 8. The van der Waals surface area contributed by atoms with Crippen molar-refractivity contribution in [3.05, 3.63) is 47.0 Å². The van der Waals surface area contributed by atoms with Crippen LogP contribution in [-0.2, 0) is 9.59 Å². The molecular formula is C22H22O4. The Morgan fingerprint density at radius 3 is 1.42 bits per heavy atom. The fraction of sp³-hybridized carbons (Fsp3) is 0.545. The van der Waals surface area contributed by atoms with E-state index in [-0.39, 0.29) is 70.4 Å². The first-order valence-corrected chi connectivity index (χ1v) is 9.80. The molecule has 0 spiro atoms. The molecular weight excluding hydrogens is 328 g/mol. The lowest BCUT2D eigenvalue weighted by Crippen LogP contribution is -2.25. The Morgan fingerprint density at radius 2 is 1.08 bits per heavy atom. The van der Waals surface area contributed by atoms with Crippen LogP contribution < -0.4 is 0 Å². The maximum atomic E-state index is 13.1. The zero-order chi connectivity index (χ0) is 17.9. The molecule has 0 heterocycles. The maximum absolute atomic E-state index is 13.1. The summed E-state index contributed by atoms with van der Waals surface area (Å²) in [5.41, 5.74) is 0.766. The first-order chi connectivity index (χ1) is 12.5. The molecule has 0 aromatic carbocycles. The third kappa shape index (κ3) is 1.50. The van der Waals surface area contributed by atoms with Crippen molar-refractivity contribution in [1.29, 1.82) is 0 Å². The summed E-state index contributed by atoms with van der Waals surface area (Å²) in [6.45, 7) is 1.81. The van der Waals surface area contributed by atoms with Gasteiger partial charge in [-0.05, 0) is 36.5 Å². The van der Waals surface area contributed by atoms with Crippen molar-refractivity contribution in [3.8, 4) is 0 Å². The molecule has 134 valence electrons. The molecule has 0 aromatic heterocycles. The van der Waals surface area contributed by atoms with Crippen molar-refractivity contribution >= 4 is 11.6 Å². The molecule has 4 nitrogen and oxygen atoms in total. The molecule has 6 aliphatic carbocycles. The largest absolute Gasteiger partial charge is 0.512 e. The molecule has 0 aliphatic heterocycles. The van der Waals surface area contributed by atoms with Crippen molar-refractivity contribution in [2.75, 3.05) is 0 Å². The van der Waals surface area contributed by atoms with Gasteiger partial charge in [0, 0.05) is 40.7 Å². The Hall–Kier alpha value is -2.10. The van der Waals surface area contributed by atoms with Gasteiger partial charge in [0.15, 0.2) is 11.6 Å². The van der Waals surface area contributed by atoms with Crippen molar-refractivity contribution in [3.63, 3.8) is 0 Å². The zero-order valence-electron chi connectivity index (χ0n) is 14.6. The number of rotatable bonds is 2. The molecule has 0 aromatic rings. The lowest BCUT2D eigenvalue weighted by molar-refractivity contribution is -0.120. The number of aliphatic hydroxyl groups excluding tert-OH is 2. The Kier molecular flexibility index (Phi) is 2.65. The van der Waals surface area contributed by atoms with Crippen molar-refractivity contribution in [2.45, 2.75) is 19.8 Å². The van der Waals surface area contributed by atoms with Gasteiger partial charge in [0.1, 0.15) is 11.5 Å². The van der Waals surface area contributed by atoms with Gasteiger partial charge in [-0.3, -0.25) is 9.59 Å². The van der Waals surface area contributed by atoms with Crippen molar-refractivity contribution in [2.24, 2.45) is 53.3 Å². The standard InChI is InChI=1S/C22H22O4/c1-8(13-19(23)15-9-2-3-10(6-9)16(15)20(13)24)14-21(25)17-11-4-5-12(7-11)18(17)22(14)26/h2-5,8-12,15-18,23,25H,6-7H2,1H3/t8?,9-,10+,11+,12-,15-,16+,17+,18-. The second-order valence-corrected chi connectivity index (χ2v) is 9.05. The van der Waals surface area contributed by atoms with Crippen LogP contribution in [0.4, 0.5) is 0 Å². The third-order valence-electron chi connectivity index (χ3n) is 8.10. The van der Waals surface area contributed by atoms with Gasteiger partial charge < -0.3 is 10.2 Å². The van der Waals surface area contributed by atoms with E-state index in [0.29, 0.717) is 11.1 Å². The molecule has 2 fully saturated rings. The molecule has 9 atom stereocenters. The Bertz CT molecular complexity index is 816. The monoisotopic (exact) mass is 350 g/mol. The van der Waals surface area contributed by atoms with Gasteiger partial charge in [0.2, 0.25) is 0 Å². The van der Waals surface area contributed by atoms with Crippen molar-refractivity contribution < 1.29 is 19.8 Å². The average molecular weight is 350 g/mol. The highest BCUT2D eigenvalue weighted by atomic mass is 16.3. The van der Waals surface area contributed by atoms with Crippen LogP contribution >= 0.6 is 0 Å². The smallest absolute Gasteiger partial charge is 0.167 e. The molecule has 1 unspecified atom stereocenters. The minimum absolute atomic E-state index is 0.0110. The number of hydrogen-bond acceptors (Lipinski definition) is 4. The summed E-state index contributed by atoms with van der Waals surface area (Å²) < 4.78 is 0. The van der Waals surface area contributed by atoms with E-state index in [2.05, 4.69) is 24.3 Å². The van der Waals surface area contributed by atoms with Crippen LogP contribution in [0.15, 0.2) is 47.0 Å². The van der Waals surface area contributed by atoms with Crippen LogP contribution in [0.2, 0.25) is 0 Å². The van der Waals surface area contributed by atoms with Crippen LogP contribution in [0.1, 0.15) is 19.8 Å². The number of fused-ring (bicyclic) bond motifs is 10. The van der Waals surface area contributed by atoms with Gasteiger partial charge in [-0.1, -0.05) is 31.2 Å². The van der Waals surface area contributed by atoms with Crippen LogP contribution in [0.5, 0.6) is 0 Å². The molecule has 0 amide bonds. The zero-order valence-corrected chi connectivity index (χ0v) is 14.6. The quantitative estimate of drug-likeness (QED) is 0.750. The second-order valence-electron chi connectivity index (χ2n) is 9.05. The highest BCUT2D eigenvalue weighted by Gasteiger charge is 2.60.